The molecule has 0 aliphatic rings. The van der Waals surface area contributed by atoms with E-state index in [0.29, 0.717) is 5.56 Å². The number of Topliss-reactive ketones (excluding diaryl/α,β-unsaturated/α-hetero) is 1. The van der Waals surface area contributed by atoms with Gasteiger partial charge in [0.1, 0.15) is 0 Å². The van der Waals surface area contributed by atoms with E-state index in [1.807, 2.05) is 37.3 Å². The van der Waals surface area contributed by atoms with Gasteiger partial charge in [-0.3, -0.25) is 4.79 Å². The van der Waals surface area contributed by atoms with Crippen molar-refractivity contribution in [2.24, 2.45) is 0 Å². The molecule has 0 aliphatic carbocycles. The number of carbonyl (C=O) groups is 1. The highest BCUT2D eigenvalue weighted by atomic mass is 32.2. The Morgan fingerprint density at radius 2 is 1.70 bits per heavy atom. The molecule has 0 heterocycles. The zero-order valence-electron chi connectivity index (χ0n) is 11.2. The van der Waals surface area contributed by atoms with Gasteiger partial charge < -0.3 is 4.55 Å². The molecule has 0 saturated carbocycles. The van der Waals surface area contributed by atoms with E-state index in [2.05, 4.69) is 0 Å². The fourth-order valence-corrected chi connectivity index (χ4v) is 2.70. The summed E-state index contributed by atoms with van der Waals surface area (Å²) in [5.74, 6) is -0.808. The Morgan fingerprint density at radius 3 is 2.25 bits per heavy atom. The third-order valence-corrected chi connectivity index (χ3v) is 3.78. The highest BCUT2D eigenvalue weighted by Crippen LogP contribution is 2.22. The van der Waals surface area contributed by atoms with Crippen LogP contribution in [0.4, 0.5) is 0 Å². The van der Waals surface area contributed by atoms with Gasteiger partial charge in [-0.05, 0) is 12.5 Å². The second-order valence-corrected chi connectivity index (χ2v) is 5.66. The summed E-state index contributed by atoms with van der Waals surface area (Å²) < 4.78 is 20.3. The lowest BCUT2D eigenvalue weighted by atomic mass is 9.92. The zero-order chi connectivity index (χ0) is 14.5. The van der Waals surface area contributed by atoms with Crippen LogP contribution in [0.15, 0.2) is 54.6 Å². The van der Waals surface area contributed by atoms with E-state index >= 15 is 0 Å². The van der Waals surface area contributed by atoms with Gasteiger partial charge in [0.2, 0.25) is 0 Å². The van der Waals surface area contributed by atoms with Crippen LogP contribution in [0, 0.1) is 6.92 Å². The summed E-state index contributed by atoms with van der Waals surface area (Å²) in [6, 6.07) is 16.4. The van der Waals surface area contributed by atoms with Gasteiger partial charge >= 0.3 is 0 Å². The van der Waals surface area contributed by atoms with Crippen LogP contribution in [0.2, 0.25) is 0 Å². The van der Waals surface area contributed by atoms with E-state index in [0.717, 1.165) is 11.1 Å². The maximum Gasteiger partial charge on any atom is 0.171 e. The fraction of sp³-hybridized carbons (Fsp3) is 0.188. The lowest BCUT2D eigenvalue weighted by molar-refractivity contribution is 0.0967. The minimum absolute atomic E-state index is 0.0865. The average Bonchev–Trinajstić information content (AvgIpc) is 2.46. The van der Waals surface area contributed by atoms with Crippen molar-refractivity contribution >= 4 is 16.9 Å². The Labute approximate surface area is 120 Å². The van der Waals surface area contributed by atoms with Crippen LogP contribution < -0.4 is 0 Å². The van der Waals surface area contributed by atoms with Crippen LogP contribution in [-0.4, -0.2) is 20.3 Å². The molecule has 2 aromatic rings. The van der Waals surface area contributed by atoms with Crippen LogP contribution in [0.25, 0.3) is 0 Å². The molecule has 4 heteroatoms. The minimum atomic E-state index is -2.02. The number of hydrogen-bond acceptors (Lipinski definition) is 2. The first-order chi connectivity index (χ1) is 9.58. The number of rotatable bonds is 5. The van der Waals surface area contributed by atoms with Gasteiger partial charge in [0.25, 0.3) is 0 Å². The monoisotopic (exact) mass is 288 g/mol. The molecule has 0 bridgehead atoms. The Bertz CT molecular complexity index is 605. The van der Waals surface area contributed by atoms with Gasteiger partial charge in [-0.1, -0.05) is 60.2 Å². The smallest absolute Gasteiger partial charge is 0.171 e. The van der Waals surface area contributed by atoms with E-state index < -0.39 is 17.0 Å². The molecule has 0 aliphatic heterocycles. The maximum absolute atomic E-state index is 12.5. The molecule has 2 aromatic carbocycles. The van der Waals surface area contributed by atoms with Crippen molar-refractivity contribution < 1.29 is 13.6 Å². The Kier molecular flexibility index (Phi) is 4.82. The maximum atomic E-state index is 12.5. The first-order valence-corrected chi connectivity index (χ1v) is 7.59. The van der Waals surface area contributed by atoms with Crippen LogP contribution in [-0.2, 0) is 11.1 Å². The van der Waals surface area contributed by atoms with E-state index in [1.165, 1.54) is 0 Å². The van der Waals surface area contributed by atoms with Gasteiger partial charge in [0.05, 0.1) is 11.7 Å². The molecule has 0 saturated heterocycles. The van der Waals surface area contributed by atoms with Crippen molar-refractivity contribution in [1.82, 2.24) is 0 Å². The lowest BCUT2D eigenvalue weighted by Crippen LogP contribution is -2.19. The van der Waals surface area contributed by atoms with Crippen molar-refractivity contribution in [1.29, 1.82) is 0 Å². The molecule has 3 nitrogen and oxygen atoms in total. The predicted molar refractivity (Wildman–Crippen MR) is 80.3 cm³/mol. The molecule has 0 radical (unpaired) electrons. The van der Waals surface area contributed by atoms with Gasteiger partial charge in [-0.15, -0.1) is 0 Å². The van der Waals surface area contributed by atoms with Gasteiger partial charge in [-0.2, -0.15) is 0 Å². The molecule has 0 spiro atoms. The van der Waals surface area contributed by atoms with Gasteiger partial charge in [-0.25, -0.2) is 4.21 Å². The molecule has 0 aromatic heterocycles. The second-order valence-electron chi connectivity index (χ2n) is 4.68. The second kappa shape index (κ2) is 6.59. The normalized spacial score (nSPS) is 13.7. The molecule has 2 rings (SSSR count). The Balaban J connectivity index is 2.35. The molecular weight excluding hydrogens is 272 g/mol. The summed E-state index contributed by atoms with van der Waals surface area (Å²) in [6.07, 6.45) is 0. The summed E-state index contributed by atoms with van der Waals surface area (Å²) in [5, 5.41) is 0. The standard InChI is InChI=1S/C16H16O3S/c1-12-7-9-13(10-8-12)15(11-20(18)19)16(17)14-5-3-2-4-6-14/h2-10,15H,11H2,1H3,(H,18,19). The molecule has 0 amide bonds. The first-order valence-electron chi connectivity index (χ1n) is 6.31. The summed E-state index contributed by atoms with van der Waals surface area (Å²) >= 11 is -2.02. The summed E-state index contributed by atoms with van der Waals surface area (Å²) in [5.41, 5.74) is 2.42. The van der Waals surface area contributed by atoms with E-state index in [1.54, 1.807) is 24.3 Å². The van der Waals surface area contributed by atoms with E-state index in [-0.39, 0.29) is 11.5 Å². The van der Waals surface area contributed by atoms with Gasteiger partial charge in [0.15, 0.2) is 16.9 Å². The SMILES string of the molecule is Cc1ccc(C(CS(=O)O)C(=O)c2ccccc2)cc1. The first kappa shape index (κ1) is 14.6. The summed E-state index contributed by atoms with van der Waals surface area (Å²) in [7, 11) is 0. The molecule has 104 valence electrons. The Hall–Kier alpha value is -1.78. The van der Waals surface area contributed by atoms with Gasteiger partial charge in [0, 0.05) is 5.56 Å². The molecular formula is C16H16O3S. The van der Waals surface area contributed by atoms with Crippen LogP contribution >= 0.6 is 0 Å². The fourth-order valence-electron chi connectivity index (χ4n) is 2.07. The summed E-state index contributed by atoms with van der Waals surface area (Å²) in [6.45, 7) is 1.96. The van der Waals surface area contributed by atoms with E-state index in [4.69, 9.17) is 4.55 Å². The Morgan fingerprint density at radius 1 is 1.10 bits per heavy atom. The minimum Gasteiger partial charge on any atom is -0.306 e. The molecule has 1 N–H and O–H groups in total. The number of ketones is 1. The number of benzene rings is 2. The topological polar surface area (TPSA) is 54.4 Å². The van der Waals surface area contributed by atoms with Crippen LogP contribution in [0.1, 0.15) is 27.4 Å². The molecule has 2 atom stereocenters. The highest BCUT2D eigenvalue weighted by Gasteiger charge is 2.23. The predicted octanol–water partition coefficient (Wildman–Crippen LogP) is 3.18. The number of carbonyl (C=O) groups excluding carboxylic acids is 1. The van der Waals surface area contributed by atoms with Crippen LogP contribution in [0.5, 0.6) is 0 Å². The quantitative estimate of drug-likeness (QED) is 0.679. The van der Waals surface area contributed by atoms with Crippen molar-refractivity contribution in [3.63, 3.8) is 0 Å². The molecule has 20 heavy (non-hydrogen) atoms. The van der Waals surface area contributed by atoms with Crippen LogP contribution in [0.3, 0.4) is 0 Å². The largest absolute Gasteiger partial charge is 0.306 e. The van der Waals surface area contributed by atoms with Crippen molar-refractivity contribution in [3.05, 3.63) is 71.3 Å². The third-order valence-electron chi connectivity index (χ3n) is 3.16. The number of aryl methyl sites for hydroxylation is 1. The highest BCUT2D eigenvalue weighted by molar-refractivity contribution is 7.79. The molecule has 0 fully saturated rings. The zero-order valence-corrected chi connectivity index (χ0v) is 12.0. The van der Waals surface area contributed by atoms with E-state index in [9.17, 15) is 9.00 Å². The van der Waals surface area contributed by atoms with Crippen molar-refractivity contribution in [3.8, 4) is 0 Å². The van der Waals surface area contributed by atoms with Crippen molar-refractivity contribution in [2.75, 3.05) is 5.75 Å². The third kappa shape index (κ3) is 3.62. The van der Waals surface area contributed by atoms with Crippen molar-refractivity contribution in [2.45, 2.75) is 12.8 Å². The average molecular weight is 288 g/mol. The molecule has 2 unspecified atom stereocenters. The lowest BCUT2D eigenvalue weighted by Gasteiger charge is -2.15. The summed E-state index contributed by atoms with van der Waals surface area (Å²) in [4.78, 5) is 12.5. The number of hydrogen-bond donors (Lipinski definition) is 1.